The number of carboxylic acids is 1. The molecule has 202 valence electrons. The molecule has 10 nitrogen and oxygen atoms in total. The number of rotatable bonds is 9. The number of anilines is 2. The number of aromatic nitrogens is 3. The minimum absolute atomic E-state index is 0.183. The van der Waals surface area contributed by atoms with Crippen molar-refractivity contribution in [3.05, 3.63) is 40.5 Å². The van der Waals surface area contributed by atoms with Crippen LogP contribution in [0.3, 0.4) is 0 Å². The Bertz CT molecular complexity index is 1130. The highest BCUT2D eigenvalue weighted by Gasteiger charge is 2.38. The fraction of sp³-hybridized carbons (Fsp3) is 0.593. The predicted molar refractivity (Wildman–Crippen MR) is 143 cm³/mol. The number of carboxylic acid groups (broad SMARTS) is 1. The standard InChI is InChI=1S/C27H40N6O4/c1-16(2)9-10-28-24-23(19(5)37-8)31-20(14-29-24)25(34)33-12-11-32(15-27(33,6)7)21-13-17(3)22(26(35)36)18(4)30-21/h13-14,16,19H,9-12,15H2,1-8H3,(H,28,29)(H,35,36)/t19-/m1/s1. The topological polar surface area (TPSA) is 121 Å². The first kappa shape index (κ1) is 28.3. The molecule has 1 saturated heterocycles. The van der Waals surface area contributed by atoms with Gasteiger partial charge in [-0.3, -0.25) is 4.79 Å². The average Bonchev–Trinajstić information content (AvgIpc) is 2.81. The number of hydrogen-bond donors (Lipinski definition) is 2. The van der Waals surface area contributed by atoms with Crippen molar-refractivity contribution in [2.45, 2.75) is 66.5 Å². The first-order chi connectivity index (χ1) is 17.4. The summed E-state index contributed by atoms with van der Waals surface area (Å²) in [7, 11) is 1.61. The second kappa shape index (κ2) is 11.4. The molecular formula is C27H40N6O4. The van der Waals surface area contributed by atoms with E-state index in [9.17, 15) is 14.7 Å². The Morgan fingerprint density at radius 3 is 2.46 bits per heavy atom. The van der Waals surface area contributed by atoms with Crippen LogP contribution in [0, 0.1) is 19.8 Å². The van der Waals surface area contributed by atoms with Crippen molar-refractivity contribution in [2.24, 2.45) is 5.92 Å². The number of amides is 1. The summed E-state index contributed by atoms with van der Waals surface area (Å²) in [5.74, 6) is 0.750. The molecule has 3 heterocycles. The lowest BCUT2D eigenvalue weighted by Gasteiger charge is -2.47. The second-order valence-corrected chi connectivity index (χ2v) is 10.7. The van der Waals surface area contributed by atoms with Gasteiger partial charge in [0.2, 0.25) is 0 Å². The fourth-order valence-electron chi connectivity index (χ4n) is 4.68. The van der Waals surface area contributed by atoms with Gasteiger partial charge in [-0.2, -0.15) is 0 Å². The minimum atomic E-state index is -0.978. The first-order valence-electron chi connectivity index (χ1n) is 12.8. The lowest BCUT2D eigenvalue weighted by molar-refractivity contribution is 0.0504. The number of aryl methyl sites for hydroxylation is 2. The van der Waals surface area contributed by atoms with E-state index in [1.165, 1.54) is 6.20 Å². The molecule has 2 aromatic rings. The maximum absolute atomic E-state index is 13.6. The molecule has 1 aliphatic rings. The SMILES string of the molecule is CO[C@H](C)c1nc(C(=O)N2CCN(c3cc(C)c(C(=O)O)c(C)n3)CC2(C)C)cnc1NCCC(C)C. The molecule has 37 heavy (non-hydrogen) atoms. The maximum atomic E-state index is 13.6. The molecule has 0 saturated carbocycles. The van der Waals surface area contributed by atoms with Gasteiger partial charge in [-0.15, -0.1) is 0 Å². The number of nitrogens with one attached hydrogen (secondary N) is 1. The maximum Gasteiger partial charge on any atom is 0.337 e. The third-order valence-corrected chi connectivity index (χ3v) is 6.84. The van der Waals surface area contributed by atoms with E-state index in [-0.39, 0.29) is 23.3 Å². The van der Waals surface area contributed by atoms with Gasteiger partial charge in [-0.1, -0.05) is 13.8 Å². The van der Waals surface area contributed by atoms with Gasteiger partial charge in [-0.05, 0) is 58.6 Å². The van der Waals surface area contributed by atoms with Crippen LogP contribution in [0.5, 0.6) is 0 Å². The zero-order valence-electron chi connectivity index (χ0n) is 23.3. The Morgan fingerprint density at radius 1 is 1.19 bits per heavy atom. The van der Waals surface area contributed by atoms with E-state index in [1.807, 2.05) is 25.7 Å². The number of piperazine rings is 1. The molecule has 0 spiro atoms. The van der Waals surface area contributed by atoms with Crippen molar-refractivity contribution in [2.75, 3.05) is 43.5 Å². The third kappa shape index (κ3) is 6.36. The Morgan fingerprint density at radius 2 is 1.89 bits per heavy atom. The number of aromatic carboxylic acids is 1. The van der Waals surface area contributed by atoms with Crippen LogP contribution in [-0.4, -0.2) is 75.7 Å². The summed E-state index contributed by atoms with van der Waals surface area (Å²) in [6, 6.07) is 1.80. The molecule has 10 heteroatoms. The monoisotopic (exact) mass is 512 g/mol. The van der Waals surface area contributed by atoms with Crippen molar-refractivity contribution in [1.29, 1.82) is 0 Å². The summed E-state index contributed by atoms with van der Waals surface area (Å²) in [6.45, 7) is 16.1. The van der Waals surface area contributed by atoms with Gasteiger partial charge in [0.25, 0.3) is 5.91 Å². The lowest BCUT2D eigenvalue weighted by atomic mass is 9.97. The molecule has 0 aliphatic carbocycles. The van der Waals surface area contributed by atoms with Gasteiger partial charge in [0.15, 0.2) is 5.82 Å². The van der Waals surface area contributed by atoms with E-state index in [0.29, 0.717) is 54.1 Å². The van der Waals surface area contributed by atoms with Crippen LogP contribution in [0.15, 0.2) is 12.3 Å². The third-order valence-electron chi connectivity index (χ3n) is 6.84. The Labute approximate surface area is 219 Å². The fourth-order valence-corrected chi connectivity index (χ4v) is 4.68. The average molecular weight is 513 g/mol. The number of carbonyl (C=O) groups excluding carboxylic acids is 1. The van der Waals surface area contributed by atoms with Gasteiger partial charge < -0.3 is 25.0 Å². The molecule has 0 bridgehead atoms. The molecule has 1 aliphatic heterocycles. The smallest absolute Gasteiger partial charge is 0.337 e. The summed E-state index contributed by atoms with van der Waals surface area (Å²) < 4.78 is 5.51. The van der Waals surface area contributed by atoms with Gasteiger partial charge in [0.1, 0.15) is 23.3 Å². The second-order valence-electron chi connectivity index (χ2n) is 10.7. The highest BCUT2D eigenvalue weighted by atomic mass is 16.5. The van der Waals surface area contributed by atoms with Crippen LogP contribution >= 0.6 is 0 Å². The molecule has 1 amide bonds. The van der Waals surface area contributed by atoms with Crippen LogP contribution in [0.1, 0.15) is 84.9 Å². The van der Waals surface area contributed by atoms with Gasteiger partial charge in [0, 0.05) is 33.3 Å². The van der Waals surface area contributed by atoms with Gasteiger partial charge >= 0.3 is 5.97 Å². The Kier molecular flexibility index (Phi) is 8.73. The van der Waals surface area contributed by atoms with Crippen LogP contribution in [0.25, 0.3) is 0 Å². The number of pyridine rings is 1. The normalized spacial score (nSPS) is 16.1. The largest absolute Gasteiger partial charge is 0.478 e. The van der Waals surface area contributed by atoms with Crippen molar-refractivity contribution < 1.29 is 19.4 Å². The van der Waals surface area contributed by atoms with Crippen molar-refractivity contribution in [3.8, 4) is 0 Å². The molecular weight excluding hydrogens is 472 g/mol. The molecule has 0 radical (unpaired) electrons. The Balaban J connectivity index is 1.82. The molecule has 3 rings (SSSR count). The zero-order valence-corrected chi connectivity index (χ0v) is 23.3. The lowest BCUT2D eigenvalue weighted by Crippen LogP contribution is -2.61. The quantitative estimate of drug-likeness (QED) is 0.512. The first-order valence-corrected chi connectivity index (χ1v) is 12.8. The van der Waals surface area contributed by atoms with Gasteiger partial charge in [-0.25, -0.2) is 19.7 Å². The summed E-state index contributed by atoms with van der Waals surface area (Å²) in [6.07, 6.45) is 2.21. The highest BCUT2D eigenvalue weighted by Crippen LogP contribution is 2.29. The summed E-state index contributed by atoms with van der Waals surface area (Å²) in [5.41, 5.74) is 1.76. The van der Waals surface area contributed by atoms with E-state index in [2.05, 4.69) is 39.0 Å². The van der Waals surface area contributed by atoms with Crippen molar-refractivity contribution in [1.82, 2.24) is 19.9 Å². The molecule has 0 aromatic carbocycles. The number of carbonyl (C=O) groups is 2. The zero-order chi connectivity index (χ0) is 27.5. The van der Waals surface area contributed by atoms with Crippen LogP contribution in [0.4, 0.5) is 11.6 Å². The summed E-state index contributed by atoms with van der Waals surface area (Å²) in [5, 5.41) is 12.8. The number of methoxy groups -OCH3 is 1. The molecule has 1 fully saturated rings. The highest BCUT2D eigenvalue weighted by molar-refractivity contribution is 5.93. The molecule has 2 N–H and O–H groups in total. The Hall–Kier alpha value is -3.27. The van der Waals surface area contributed by atoms with Gasteiger partial charge in [0.05, 0.1) is 23.0 Å². The van der Waals surface area contributed by atoms with E-state index < -0.39 is 11.5 Å². The molecule has 0 unspecified atom stereocenters. The summed E-state index contributed by atoms with van der Waals surface area (Å²) >= 11 is 0. The number of ether oxygens (including phenoxy) is 1. The van der Waals surface area contributed by atoms with E-state index in [4.69, 9.17) is 4.74 Å². The number of nitrogens with zero attached hydrogens (tertiary/aromatic N) is 5. The molecule has 2 aromatic heterocycles. The van der Waals surface area contributed by atoms with Crippen LogP contribution in [-0.2, 0) is 4.74 Å². The van der Waals surface area contributed by atoms with E-state index in [1.54, 1.807) is 27.0 Å². The van der Waals surface area contributed by atoms with Crippen molar-refractivity contribution in [3.63, 3.8) is 0 Å². The van der Waals surface area contributed by atoms with E-state index in [0.717, 1.165) is 13.0 Å². The molecule has 1 atom stereocenters. The van der Waals surface area contributed by atoms with Crippen LogP contribution < -0.4 is 10.2 Å². The van der Waals surface area contributed by atoms with E-state index >= 15 is 0 Å². The predicted octanol–water partition coefficient (Wildman–Crippen LogP) is 4.09. The van der Waals surface area contributed by atoms with Crippen LogP contribution in [0.2, 0.25) is 0 Å². The summed E-state index contributed by atoms with van der Waals surface area (Å²) in [4.78, 5) is 42.9. The van der Waals surface area contributed by atoms with Crippen molar-refractivity contribution >= 4 is 23.5 Å². The number of hydrogen-bond acceptors (Lipinski definition) is 8. The minimum Gasteiger partial charge on any atom is -0.478 e.